The average molecular weight is 235 g/mol. The summed E-state index contributed by atoms with van der Waals surface area (Å²) in [4.78, 5) is 4.43. The molecule has 0 spiro atoms. The summed E-state index contributed by atoms with van der Waals surface area (Å²) in [6.07, 6.45) is 10.8. The normalized spacial score (nSPS) is 20.8. The molecule has 98 valence electrons. The molecule has 0 saturated heterocycles. The molecular formula is C16H29N. The Balaban J connectivity index is 2.58. The fourth-order valence-electron chi connectivity index (χ4n) is 2.76. The lowest BCUT2D eigenvalue weighted by atomic mass is 9.83. The summed E-state index contributed by atoms with van der Waals surface area (Å²) >= 11 is 0. The van der Waals surface area contributed by atoms with Crippen LogP contribution in [0, 0.1) is 11.3 Å². The highest BCUT2D eigenvalue weighted by atomic mass is 14.7. The zero-order valence-electron chi connectivity index (χ0n) is 12.3. The molecule has 0 aromatic heterocycles. The molecule has 1 heteroatoms. The quantitative estimate of drug-likeness (QED) is 0.609. The summed E-state index contributed by atoms with van der Waals surface area (Å²) in [6, 6.07) is 0. The van der Waals surface area contributed by atoms with Crippen molar-refractivity contribution in [3.63, 3.8) is 0 Å². The molecule has 0 bridgehead atoms. The molecule has 0 aromatic rings. The van der Waals surface area contributed by atoms with Gasteiger partial charge in [0.25, 0.3) is 0 Å². The molecule has 1 fully saturated rings. The van der Waals surface area contributed by atoms with Gasteiger partial charge in [-0.1, -0.05) is 58.4 Å². The zero-order valence-corrected chi connectivity index (χ0v) is 12.3. The minimum Gasteiger partial charge on any atom is -0.293 e. The Morgan fingerprint density at radius 2 is 1.76 bits per heavy atom. The van der Waals surface area contributed by atoms with Gasteiger partial charge in [0.2, 0.25) is 0 Å². The lowest BCUT2D eigenvalue weighted by Crippen LogP contribution is -2.18. The molecule has 0 amide bonds. The van der Waals surface area contributed by atoms with Crippen LogP contribution in [-0.2, 0) is 0 Å². The SMILES string of the molecule is C/N=C(\C=C(\C)CC1CCCCC1)C(C)(C)C. The summed E-state index contributed by atoms with van der Waals surface area (Å²) in [7, 11) is 1.91. The highest BCUT2D eigenvalue weighted by molar-refractivity contribution is 5.99. The van der Waals surface area contributed by atoms with Gasteiger partial charge in [0.1, 0.15) is 0 Å². The molecule has 0 radical (unpaired) electrons. The largest absolute Gasteiger partial charge is 0.293 e. The number of hydrogen-bond acceptors (Lipinski definition) is 1. The van der Waals surface area contributed by atoms with E-state index >= 15 is 0 Å². The Hall–Kier alpha value is -0.590. The van der Waals surface area contributed by atoms with Crippen molar-refractivity contribution in [1.29, 1.82) is 0 Å². The van der Waals surface area contributed by atoms with E-state index in [9.17, 15) is 0 Å². The van der Waals surface area contributed by atoms with E-state index in [1.54, 1.807) is 0 Å². The van der Waals surface area contributed by atoms with Crippen LogP contribution >= 0.6 is 0 Å². The Kier molecular flexibility index (Phi) is 5.42. The van der Waals surface area contributed by atoms with Crippen LogP contribution in [-0.4, -0.2) is 12.8 Å². The molecule has 0 atom stereocenters. The topological polar surface area (TPSA) is 12.4 Å². The second kappa shape index (κ2) is 6.37. The number of rotatable bonds is 3. The van der Waals surface area contributed by atoms with Crippen molar-refractivity contribution >= 4 is 5.71 Å². The average Bonchev–Trinajstić information content (AvgIpc) is 2.25. The van der Waals surface area contributed by atoms with Crippen LogP contribution in [0.3, 0.4) is 0 Å². The molecule has 0 heterocycles. The van der Waals surface area contributed by atoms with E-state index in [-0.39, 0.29) is 5.41 Å². The van der Waals surface area contributed by atoms with Crippen LogP contribution in [0.2, 0.25) is 0 Å². The number of nitrogens with zero attached hydrogens (tertiary/aromatic N) is 1. The second-order valence-corrected chi connectivity index (χ2v) is 6.56. The predicted molar refractivity (Wildman–Crippen MR) is 77.8 cm³/mol. The van der Waals surface area contributed by atoms with E-state index in [0.717, 1.165) is 5.92 Å². The minimum absolute atomic E-state index is 0.169. The monoisotopic (exact) mass is 235 g/mol. The van der Waals surface area contributed by atoms with Gasteiger partial charge in [0.05, 0.1) is 0 Å². The van der Waals surface area contributed by atoms with Crippen LogP contribution in [0.25, 0.3) is 0 Å². The van der Waals surface area contributed by atoms with E-state index in [1.807, 2.05) is 7.05 Å². The number of aliphatic imine (C=N–C) groups is 1. The van der Waals surface area contributed by atoms with Crippen LogP contribution in [0.1, 0.15) is 66.2 Å². The maximum Gasteiger partial charge on any atom is 0.0397 e. The molecule has 17 heavy (non-hydrogen) atoms. The van der Waals surface area contributed by atoms with Gasteiger partial charge in [-0.25, -0.2) is 0 Å². The third kappa shape index (κ3) is 5.06. The van der Waals surface area contributed by atoms with Gasteiger partial charge < -0.3 is 0 Å². The Labute approximate surface area is 107 Å². The van der Waals surface area contributed by atoms with E-state index in [0.29, 0.717) is 0 Å². The molecule has 0 N–H and O–H groups in total. The zero-order chi connectivity index (χ0) is 12.9. The lowest BCUT2D eigenvalue weighted by molar-refractivity contribution is 0.356. The van der Waals surface area contributed by atoms with Crippen LogP contribution in [0.5, 0.6) is 0 Å². The van der Waals surface area contributed by atoms with Crippen LogP contribution < -0.4 is 0 Å². The van der Waals surface area contributed by atoms with Gasteiger partial charge in [-0.15, -0.1) is 0 Å². The molecule has 0 aromatic carbocycles. The van der Waals surface area contributed by atoms with Crippen LogP contribution in [0.4, 0.5) is 0 Å². The van der Waals surface area contributed by atoms with E-state index < -0.39 is 0 Å². The summed E-state index contributed by atoms with van der Waals surface area (Å²) < 4.78 is 0. The minimum atomic E-state index is 0.169. The van der Waals surface area contributed by atoms with Crippen LogP contribution in [0.15, 0.2) is 16.6 Å². The van der Waals surface area contributed by atoms with Gasteiger partial charge >= 0.3 is 0 Å². The first-order valence-electron chi connectivity index (χ1n) is 7.08. The van der Waals surface area contributed by atoms with Gasteiger partial charge in [0, 0.05) is 18.2 Å². The fraction of sp³-hybridized carbons (Fsp3) is 0.812. The molecule has 0 unspecified atom stereocenters. The highest BCUT2D eigenvalue weighted by Gasteiger charge is 2.18. The van der Waals surface area contributed by atoms with Crippen molar-refractivity contribution in [1.82, 2.24) is 0 Å². The Morgan fingerprint density at radius 1 is 1.18 bits per heavy atom. The number of hydrogen-bond donors (Lipinski definition) is 0. The summed E-state index contributed by atoms with van der Waals surface area (Å²) in [5.41, 5.74) is 2.90. The van der Waals surface area contributed by atoms with Gasteiger partial charge in [0.15, 0.2) is 0 Å². The molecule has 0 aliphatic heterocycles. The third-order valence-corrected chi connectivity index (χ3v) is 3.73. The molecule has 1 rings (SSSR count). The fourth-order valence-corrected chi connectivity index (χ4v) is 2.76. The summed E-state index contributed by atoms with van der Waals surface area (Å²) in [6.45, 7) is 8.98. The summed E-state index contributed by atoms with van der Waals surface area (Å²) in [5, 5.41) is 0. The van der Waals surface area contributed by atoms with Gasteiger partial charge in [-0.3, -0.25) is 4.99 Å². The first kappa shape index (κ1) is 14.5. The van der Waals surface area contributed by atoms with Crippen molar-refractivity contribution in [2.75, 3.05) is 7.05 Å². The molecule has 1 aliphatic carbocycles. The smallest absolute Gasteiger partial charge is 0.0397 e. The third-order valence-electron chi connectivity index (χ3n) is 3.73. The van der Waals surface area contributed by atoms with Gasteiger partial charge in [-0.2, -0.15) is 0 Å². The maximum absolute atomic E-state index is 4.43. The van der Waals surface area contributed by atoms with Crippen molar-refractivity contribution in [2.45, 2.75) is 66.2 Å². The highest BCUT2D eigenvalue weighted by Crippen LogP contribution is 2.29. The first-order valence-corrected chi connectivity index (χ1v) is 7.08. The van der Waals surface area contributed by atoms with Crippen molar-refractivity contribution in [3.05, 3.63) is 11.6 Å². The summed E-state index contributed by atoms with van der Waals surface area (Å²) in [5.74, 6) is 0.929. The number of allylic oxidation sites excluding steroid dienone is 2. The molecule has 1 saturated carbocycles. The molecule has 1 nitrogen and oxygen atoms in total. The van der Waals surface area contributed by atoms with Crippen molar-refractivity contribution < 1.29 is 0 Å². The maximum atomic E-state index is 4.43. The molecule has 1 aliphatic rings. The lowest BCUT2D eigenvalue weighted by Gasteiger charge is -2.23. The van der Waals surface area contributed by atoms with E-state index in [4.69, 9.17) is 0 Å². The molecular weight excluding hydrogens is 206 g/mol. The Morgan fingerprint density at radius 3 is 2.24 bits per heavy atom. The van der Waals surface area contributed by atoms with Gasteiger partial charge in [-0.05, 0) is 25.3 Å². The second-order valence-electron chi connectivity index (χ2n) is 6.56. The first-order chi connectivity index (χ1) is 7.93. The van der Waals surface area contributed by atoms with E-state index in [2.05, 4.69) is 38.8 Å². The predicted octanol–water partition coefficient (Wildman–Crippen LogP) is 5.02. The van der Waals surface area contributed by atoms with Crippen molar-refractivity contribution in [2.24, 2.45) is 16.3 Å². The Bertz CT molecular complexity index is 285. The van der Waals surface area contributed by atoms with Crippen molar-refractivity contribution in [3.8, 4) is 0 Å². The standard InChI is InChI=1S/C16H29N/c1-13(11-14-9-7-6-8-10-14)12-15(17-5)16(2,3)4/h12,14H,6-11H2,1-5H3/b13-12-,17-15+. The van der Waals surface area contributed by atoms with E-state index in [1.165, 1.54) is 49.8 Å².